The lowest BCUT2D eigenvalue weighted by Gasteiger charge is -1.99. The summed E-state index contributed by atoms with van der Waals surface area (Å²) in [5.41, 5.74) is 0.776. The van der Waals surface area contributed by atoms with Crippen LogP contribution in [0.1, 0.15) is 0 Å². The first kappa shape index (κ1) is 9.51. The van der Waals surface area contributed by atoms with E-state index in [1.165, 1.54) is 0 Å². The Morgan fingerprint density at radius 2 is 2.47 bits per heavy atom. The number of carbonyl (C=O) groups is 1. The molecule has 0 unspecified atom stereocenters. The van der Waals surface area contributed by atoms with E-state index in [2.05, 4.69) is 4.98 Å². The normalized spacial score (nSPS) is 10.5. The summed E-state index contributed by atoms with van der Waals surface area (Å²) >= 11 is 0. The van der Waals surface area contributed by atoms with Gasteiger partial charge in [0.2, 0.25) is 0 Å². The number of pyridine rings is 1. The number of carboxylic acid groups (broad SMARTS) is 1. The van der Waals surface area contributed by atoms with E-state index in [9.17, 15) is 4.79 Å². The number of fused-ring (bicyclic) bond motifs is 1. The molecule has 2 rings (SSSR count). The van der Waals surface area contributed by atoms with Crippen LogP contribution < -0.4 is 4.74 Å². The maximum Gasteiger partial charge on any atom is 0.341 e. The van der Waals surface area contributed by atoms with Crippen molar-refractivity contribution in [2.24, 2.45) is 7.05 Å². The molecule has 0 bridgehead atoms. The van der Waals surface area contributed by atoms with E-state index in [0.717, 1.165) is 11.0 Å². The Balaban J connectivity index is 2.39. The highest BCUT2D eigenvalue weighted by atomic mass is 16.5. The third-order valence-corrected chi connectivity index (χ3v) is 2.05. The largest absolute Gasteiger partial charge is 0.480 e. The molecule has 0 aliphatic rings. The maximum atomic E-state index is 10.4. The average molecular weight is 206 g/mol. The van der Waals surface area contributed by atoms with Crippen LogP contribution in [0.15, 0.2) is 24.5 Å². The van der Waals surface area contributed by atoms with Gasteiger partial charge in [-0.25, -0.2) is 9.78 Å². The lowest BCUT2D eigenvalue weighted by Crippen LogP contribution is -2.09. The molecule has 15 heavy (non-hydrogen) atoms. The fraction of sp³-hybridized carbons (Fsp3) is 0.200. The minimum atomic E-state index is -0.990. The van der Waals surface area contributed by atoms with Crippen molar-refractivity contribution in [3.63, 3.8) is 0 Å². The Labute approximate surface area is 85.9 Å². The van der Waals surface area contributed by atoms with Crippen molar-refractivity contribution >= 4 is 17.0 Å². The second-order valence-corrected chi connectivity index (χ2v) is 3.16. The van der Waals surface area contributed by atoms with Gasteiger partial charge in [0.25, 0.3) is 0 Å². The van der Waals surface area contributed by atoms with Crippen LogP contribution in [0, 0.1) is 0 Å². The van der Waals surface area contributed by atoms with Crippen molar-refractivity contribution in [2.75, 3.05) is 6.61 Å². The fourth-order valence-electron chi connectivity index (χ4n) is 1.43. The maximum absolute atomic E-state index is 10.4. The third-order valence-electron chi connectivity index (χ3n) is 2.05. The van der Waals surface area contributed by atoms with E-state index in [4.69, 9.17) is 9.84 Å². The molecule has 0 aliphatic carbocycles. The first-order chi connectivity index (χ1) is 7.18. The molecule has 0 spiro atoms. The van der Waals surface area contributed by atoms with E-state index < -0.39 is 5.97 Å². The van der Waals surface area contributed by atoms with Gasteiger partial charge in [0.1, 0.15) is 11.4 Å². The standard InChI is InChI=1S/C10H10N2O3/c1-12-5-8(15-6-9(13)14)7-3-2-4-11-10(7)12/h2-5H,6H2,1H3,(H,13,14). The van der Waals surface area contributed by atoms with E-state index >= 15 is 0 Å². The van der Waals surface area contributed by atoms with Crippen molar-refractivity contribution in [2.45, 2.75) is 0 Å². The lowest BCUT2D eigenvalue weighted by molar-refractivity contribution is -0.139. The zero-order chi connectivity index (χ0) is 10.8. The Kier molecular flexibility index (Phi) is 2.29. The van der Waals surface area contributed by atoms with Gasteiger partial charge in [-0.3, -0.25) is 0 Å². The monoisotopic (exact) mass is 206 g/mol. The molecule has 0 radical (unpaired) electrons. The molecule has 78 valence electrons. The van der Waals surface area contributed by atoms with Crippen LogP contribution in [0.4, 0.5) is 0 Å². The number of aromatic nitrogens is 2. The lowest BCUT2D eigenvalue weighted by atomic mass is 10.3. The van der Waals surface area contributed by atoms with Gasteiger partial charge >= 0.3 is 5.97 Å². The van der Waals surface area contributed by atoms with Crippen LogP contribution >= 0.6 is 0 Å². The minimum absolute atomic E-state index is 0.339. The number of carboxylic acids is 1. The van der Waals surface area contributed by atoms with Gasteiger partial charge in [-0.05, 0) is 12.1 Å². The van der Waals surface area contributed by atoms with Crippen LogP contribution in [0.3, 0.4) is 0 Å². The summed E-state index contributed by atoms with van der Waals surface area (Å²) in [4.78, 5) is 14.5. The number of rotatable bonds is 3. The Morgan fingerprint density at radius 3 is 3.20 bits per heavy atom. The molecule has 2 aromatic heterocycles. The zero-order valence-corrected chi connectivity index (χ0v) is 8.17. The van der Waals surface area contributed by atoms with Crippen LogP contribution in [-0.4, -0.2) is 27.2 Å². The molecule has 0 saturated heterocycles. The molecule has 5 heteroatoms. The van der Waals surface area contributed by atoms with Gasteiger partial charge < -0.3 is 14.4 Å². The molecule has 0 aromatic carbocycles. The Bertz CT molecular complexity index is 504. The molecule has 0 amide bonds. The second-order valence-electron chi connectivity index (χ2n) is 3.16. The molecular formula is C10H10N2O3. The molecule has 0 aliphatic heterocycles. The molecular weight excluding hydrogens is 196 g/mol. The zero-order valence-electron chi connectivity index (χ0n) is 8.17. The van der Waals surface area contributed by atoms with E-state index in [-0.39, 0.29) is 6.61 Å². The van der Waals surface area contributed by atoms with E-state index in [1.54, 1.807) is 23.0 Å². The first-order valence-corrected chi connectivity index (χ1v) is 4.43. The van der Waals surface area contributed by atoms with E-state index in [0.29, 0.717) is 5.75 Å². The van der Waals surface area contributed by atoms with Crippen molar-refractivity contribution in [3.8, 4) is 5.75 Å². The van der Waals surface area contributed by atoms with Crippen molar-refractivity contribution < 1.29 is 14.6 Å². The number of hydrogen-bond acceptors (Lipinski definition) is 3. The highest BCUT2D eigenvalue weighted by Gasteiger charge is 2.08. The topological polar surface area (TPSA) is 64.3 Å². The van der Waals surface area contributed by atoms with Crippen molar-refractivity contribution in [3.05, 3.63) is 24.5 Å². The van der Waals surface area contributed by atoms with Crippen LogP contribution in [0.2, 0.25) is 0 Å². The molecule has 1 N–H and O–H groups in total. The van der Waals surface area contributed by atoms with Crippen LogP contribution in [0.25, 0.3) is 11.0 Å². The van der Waals surface area contributed by atoms with Crippen LogP contribution in [-0.2, 0) is 11.8 Å². The predicted molar refractivity (Wildman–Crippen MR) is 53.8 cm³/mol. The quantitative estimate of drug-likeness (QED) is 0.814. The van der Waals surface area contributed by atoms with Gasteiger partial charge in [0.15, 0.2) is 6.61 Å². The SMILES string of the molecule is Cn1cc(OCC(=O)O)c2cccnc21. The molecule has 0 fully saturated rings. The van der Waals surface area contributed by atoms with Gasteiger partial charge in [0.05, 0.1) is 5.39 Å². The summed E-state index contributed by atoms with van der Waals surface area (Å²) in [5.74, 6) is -0.445. The summed E-state index contributed by atoms with van der Waals surface area (Å²) in [6.45, 7) is -0.339. The summed E-state index contributed by atoms with van der Waals surface area (Å²) in [5, 5.41) is 9.33. The number of aliphatic carboxylic acids is 1. The summed E-state index contributed by atoms with van der Waals surface area (Å²) in [6, 6.07) is 3.63. The number of aryl methyl sites for hydroxylation is 1. The van der Waals surface area contributed by atoms with Gasteiger partial charge in [0, 0.05) is 19.4 Å². The summed E-state index contributed by atoms with van der Waals surface area (Å²) < 4.78 is 6.94. The Morgan fingerprint density at radius 1 is 1.67 bits per heavy atom. The van der Waals surface area contributed by atoms with Gasteiger partial charge in [-0.15, -0.1) is 0 Å². The number of ether oxygens (including phenoxy) is 1. The van der Waals surface area contributed by atoms with E-state index in [1.807, 2.05) is 13.1 Å². The number of nitrogens with zero attached hydrogens (tertiary/aromatic N) is 2. The molecule has 2 aromatic rings. The molecule has 0 saturated carbocycles. The summed E-state index contributed by atoms with van der Waals surface area (Å²) in [6.07, 6.45) is 3.41. The first-order valence-electron chi connectivity index (χ1n) is 4.43. The van der Waals surface area contributed by atoms with Crippen molar-refractivity contribution in [1.29, 1.82) is 0 Å². The minimum Gasteiger partial charge on any atom is -0.480 e. The molecule has 5 nitrogen and oxygen atoms in total. The average Bonchev–Trinajstić information content (AvgIpc) is 2.54. The fourth-order valence-corrected chi connectivity index (χ4v) is 1.43. The van der Waals surface area contributed by atoms with Gasteiger partial charge in [-0.1, -0.05) is 0 Å². The predicted octanol–water partition coefficient (Wildman–Crippen LogP) is 1.04. The highest BCUT2D eigenvalue weighted by molar-refractivity contribution is 5.83. The van der Waals surface area contributed by atoms with Crippen LogP contribution in [0.5, 0.6) is 5.75 Å². The Hall–Kier alpha value is -2.04. The molecule has 0 atom stereocenters. The summed E-state index contributed by atoms with van der Waals surface area (Å²) in [7, 11) is 1.84. The number of hydrogen-bond donors (Lipinski definition) is 1. The molecule has 2 heterocycles. The van der Waals surface area contributed by atoms with Crippen molar-refractivity contribution in [1.82, 2.24) is 9.55 Å². The second kappa shape index (κ2) is 3.61. The van der Waals surface area contributed by atoms with Gasteiger partial charge in [-0.2, -0.15) is 0 Å². The highest BCUT2D eigenvalue weighted by Crippen LogP contribution is 2.25. The third kappa shape index (κ3) is 1.76. The smallest absolute Gasteiger partial charge is 0.341 e.